The summed E-state index contributed by atoms with van der Waals surface area (Å²) in [5, 5.41) is 4.72. The summed E-state index contributed by atoms with van der Waals surface area (Å²) in [4.78, 5) is 23.9. The van der Waals surface area contributed by atoms with Crippen molar-refractivity contribution in [3.05, 3.63) is 38.8 Å². The van der Waals surface area contributed by atoms with Gasteiger partial charge in [-0.2, -0.15) is 4.98 Å². The first-order valence-corrected chi connectivity index (χ1v) is 8.89. The summed E-state index contributed by atoms with van der Waals surface area (Å²) in [6, 6.07) is 0. The van der Waals surface area contributed by atoms with Crippen molar-refractivity contribution in [2.24, 2.45) is 0 Å². The summed E-state index contributed by atoms with van der Waals surface area (Å²) in [6.45, 7) is 2.26. The van der Waals surface area contributed by atoms with Crippen LogP contribution in [0.2, 0.25) is 0 Å². The number of hydrogen-bond acceptors (Lipinski definition) is 6. The monoisotopic (exact) mass is 330 g/mol. The molecule has 7 heteroatoms. The minimum Gasteiger partial charge on any atom is -0.339 e. The lowest BCUT2D eigenvalue weighted by Gasteiger charge is -2.03. The molecule has 0 amide bonds. The van der Waals surface area contributed by atoms with Crippen LogP contribution in [0.5, 0.6) is 0 Å². The molecule has 0 saturated carbocycles. The van der Waals surface area contributed by atoms with Crippen molar-refractivity contribution >= 4 is 21.6 Å². The molecule has 23 heavy (non-hydrogen) atoms. The van der Waals surface area contributed by atoms with E-state index in [0.717, 1.165) is 29.5 Å². The maximum absolute atomic E-state index is 12.9. The highest BCUT2D eigenvalue weighted by Crippen LogP contribution is 2.32. The standard InChI is InChI=1S/C16H18N4O2S/c1-2-13-18-12(19-22-13)8-20-9-17-15-14(16(20)21)10-6-4-3-5-7-11(10)23-15/h9H,2-8H2,1H3. The normalized spacial score (nSPS) is 14.8. The predicted molar refractivity (Wildman–Crippen MR) is 87.9 cm³/mol. The number of fused-ring (bicyclic) bond motifs is 3. The molecule has 6 nitrogen and oxygen atoms in total. The van der Waals surface area contributed by atoms with Gasteiger partial charge >= 0.3 is 0 Å². The molecule has 0 radical (unpaired) electrons. The van der Waals surface area contributed by atoms with Crippen LogP contribution >= 0.6 is 11.3 Å². The number of aryl methyl sites for hydroxylation is 3. The summed E-state index contributed by atoms with van der Waals surface area (Å²) in [5.41, 5.74) is 1.23. The third-order valence-corrected chi connectivity index (χ3v) is 5.52. The van der Waals surface area contributed by atoms with Crippen LogP contribution in [0.1, 0.15) is 48.3 Å². The largest absolute Gasteiger partial charge is 0.339 e. The Hall–Kier alpha value is -2.02. The topological polar surface area (TPSA) is 73.8 Å². The molecule has 0 atom stereocenters. The van der Waals surface area contributed by atoms with Crippen LogP contribution < -0.4 is 5.56 Å². The van der Waals surface area contributed by atoms with Gasteiger partial charge in [0.2, 0.25) is 5.89 Å². The van der Waals surface area contributed by atoms with E-state index in [4.69, 9.17) is 4.52 Å². The molecule has 4 rings (SSSR count). The second-order valence-corrected chi connectivity index (χ2v) is 6.96. The SMILES string of the molecule is CCc1nc(Cn2cnc3sc4c(c3c2=O)CCCCC4)no1. The van der Waals surface area contributed by atoms with Crippen LogP contribution in [0.3, 0.4) is 0 Å². The lowest BCUT2D eigenvalue weighted by Crippen LogP contribution is -2.22. The van der Waals surface area contributed by atoms with Crippen molar-refractivity contribution < 1.29 is 4.52 Å². The van der Waals surface area contributed by atoms with Crippen molar-refractivity contribution in [2.75, 3.05) is 0 Å². The molecule has 1 aliphatic carbocycles. The van der Waals surface area contributed by atoms with Crippen molar-refractivity contribution in [2.45, 2.75) is 52.0 Å². The molecular weight excluding hydrogens is 312 g/mol. The molecule has 3 aromatic heterocycles. The van der Waals surface area contributed by atoms with Gasteiger partial charge in [-0.15, -0.1) is 11.3 Å². The zero-order chi connectivity index (χ0) is 15.8. The van der Waals surface area contributed by atoms with Gasteiger partial charge in [0.25, 0.3) is 5.56 Å². The molecular formula is C16H18N4O2S. The van der Waals surface area contributed by atoms with E-state index in [1.54, 1.807) is 22.2 Å². The van der Waals surface area contributed by atoms with Crippen molar-refractivity contribution in [1.29, 1.82) is 0 Å². The van der Waals surface area contributed by atoms with E-state index in [1.165, 1.54) is 23.3 Å². The third-order valence-electron chi connectivity index (χ3n) is 4.32. The van der Waals surface area contributed by atoms with Gasteiger partial charge in [0, 0.05) is 11.3 Å². The van der Waals surface area contributed by atoms with Crippen LogP contribution in [-0.2, 0) is 25.8 Å². The Morgan fingerprint density at radius 2 is 2.17 bits per heavy atom. The second kappa shape index (κ2) is 5.88. The maximum atomic E-state index is 12.9. The molecule has 0 saturated heterocycles. The van der Waals surface area contributed by atoms with Gasteiger partial charge in [0.1, 0.15) is 4.83 Å². The van der Waals surface area contributed by atoms with E-state index in [-0.39, 0.29) is 5.56 Å². The van der Waals surface area contributed by atoms with Crippen molar-refractivity contribution in [3.63, 3.8) is 0 Å². The molecule has 0 spiro atoms. The Kier molecular flexibility index (Phi) is 3.72. The minimum atomic E-state index is 0.0113. The summed E-state index contributed by atoms with van der Waals surface area (Å²) < 4.78 is 6.70. The fourth-order valence-electron chi connectivity index (χ4n) is 3.12. The van der Waals surface area contributed by atoms with Crippen LogP contribution in [-0.4, -0.2) is 19.7 Å². The van der Waals surface area contributed by atoms with E-state index in [1.807, 2.05) is 6.92 Å². The number of rotatable bonds is 3. The molecule has 120 valence electrons. The number of thiophene rings is 1. The average molecular weight is 330 g/mol. The fraction of sp³-hybridized carbons (Fsp3) is 0.500. The molecule has 3 heterocycles. The highest BCUT2D eigenvalue weighted by Gasteiger charge is 2.19. The Labute approximate surface area is 137 Å². The fourth-order valence-corrected chi connectivity index (χ4v) is 4.34. The Balaban J connectivity index is 1.77. The molecule has 0 N–H and O–H groups in total. The van der Waals surface area contributed by atoms with Crippen LogP contribution in [0.4, 0.5) is 0 Å². The molecule has 1 aliphatic rings. The minimum absolute atomic E-state index is 0.0113. The van der Waals surface area contributed by atoms with E-state index in [0.29, 0.717) is 24.7 Å². The van der Waals surface area contributed by atoms with Crippen LogP contribution in [0, 0.1) is 0 Å². The molecule has 0 unspecified atom stereocenters. The quantitative estimate of drug-likeness (QED) is 0.690. The number of hydrogen-bond donors (Lipinski definition) is 0. The zero-order valence-electron chi connectivity index (χ0n) is 13.0. The molecule has 0 aliphatic heterocycles. The van der Waals surface area contributed by atoms with E-state index < -0.39 is 0 Å². The lowest BCUT2D eigenvalue weighted by molar-refractivity contribution is 0.375. The smallest absolute Gasteiger partial charge is 0.262 e. The van der Waals surface area contributed by atoms with E-state index in [9.17, 15) is 4.79 Å². The number of aromatic nitrogens is 4. The highest BCUT2D eigenvalue weighted by molar-refractivity contribution is 7.18. The van der Waals surface area contributed by atoms with E-state index in [2.05, 4.69) is 15.1 Å². The first kappa shape index (κ1) is 14.6. The number of nitrogens with zero attached hydrogens (tertiary/aromatic N) is 4. The van der Waals surface area contributed by atoms with Crippen molar-refractivity contribution in [3.8, 4) is 0 Å². The summed E-state index contributed by atoms with van der Waals surface area (Å²) in [6.07, 6.45) is 7.94. The summed E-state index contributed by atoms with van der Waals surface area (Å²) in [5.74, 6) is 1.11. The van der Waals surface area contributed by atoms with Gasteiger partial charge in [0.15, 0.2) is 5.82 Å². The lowest BCUT2D eigenvalue weighted by atomic mass is 10.1. The average Bonchev–Trinajstić information content (AvgIpc) is 3.08. The van der Waals surface area contributed by atoms with E-state index >= 15 is 0 Å². The molecule has 3 aromatic rings. The van der Waals surface area contributed by atoms with Crippen LogP contribution in [0.25, 0.3) is 10.2 Å². The molecule has 0 fully saturated rings. The first-order valence-electron chi connectivity index (χ1n) is 8.07. The Morgan fingerprint density at radius 1 is 1.30 bits per heavy atom. The predicted octanol–water partition coefficient (Wildman–Crippen LogP) is 2.72. The summed E-state index contributed by atoms with van der Waals surface area (Å²) >= 11 is 1.68. The van der Waals surface area contributed by atoms with Crippen LogP contribution in [0.15, 0.2) is 15.6 Å². The third kappa shape index (κ3) is 2.59. The van der Waals surface area contributed by atoms with Gasteiger partial charge in [-0.05, 0) is 31.2 Å². The Bertz CT molecular complexity index is 909. The van der Waals surface area contributed by atoms with Gasteiger partial charge in [0.05, 0.1) is 18.3 Å². The molecule has 0 bridgehead atoms. The first-order chi connectivity index (χ1) is 11.3. The van der Waals surface area contributed by atoms with Gasteiger partial charge < -0.3 is 4.52 Å². The van der Waals surface area contributed by atoms with Crippen molar-refractivity contribution in [1.82, 2.24) is 19.7 Å². The zero-order valence-corrected chi connectivity index (χ0v) is 13.9. The van der Waals surface area contributed by atoms with Gasteiger partial charge in [-0.3, -0.25) is 9.36 Å². The maximum Gasteiger partial charge on any atom is 0.262 e. The van der Waals surface area contributed by atoms with Gasteiger partial charge in [-0.1, -0.05) is 18.5 Å². The second-order valence-electron chi connectivity index (χ2n) is 5.88. The highest BCUT2D eigenvalue weighted by atomic mass is 32.1. The summed E-state index contributed by atoms with van der Waals surface area (Å²) in [7, 11) is 0. The Morgan fingerprint density at radius 3 is 3.00 bits per heavy atom. The molecule has 0 aromatic carbocycles. The van der Waals surface area contributed by atoms with Gasteiger partial charge in [-0.25, -0.2) is 4.98 Å².